The van der Waals surface area contributed by atoms with Crippen molar-refractivity contribution >= 4 is 12.0 Å². The molecule has 0 bridgehead atoms. The number of amides is 2. The smallest absolute Gasteiger partial charge is 0.320 e. The van der Waals surface area contributed by atoms with E-state index in [9.17, 15) is 9.59 Å². The third-order valence-electron chi connectivity index (χ3n) is 3.70. The number of urea groups is 1. The minimum absolute atomic E-state index is 0.0727. The Morgan fingerprint density at radius 1 is 1.47 bits per heavy atom. The summed E-state index contributed by atoms with van der Waals surface area (Å²) < 4.78 is 0. The highest BCUT2D eigenvalue weighted by Crippen LogP contribution is 2.21. The third-order valence-corrected chi connectivity index (χ3v) is 3.70. The van der Waals surface area contributed by atoms with Gasteiger partial charge in [0, 0.05) is 32.6 Å². The summed E-state index contributed by atoms with van der Waals surface area (Å²) in [5, 5.41) is 17.4. The third kappa shape index (κ3) is 4.43. The van der Waals surface area contributed by atoms with Crippen molar-refractivity contribution in [2.75, 3.05) is 20.1 Å². The molecule has 1 fully saturated rings. The number of nitriles is 1. The highest BCUT2D eigenvalue weighted by atomic mass is 16.4. The van der Waals surface area contributed by atoms with Gasteiger partial charge in [-0.15, -0.1) is 0 Å². The normalized spacial score (nSPS) is 17.6. The number of likely N-dealkylation sites (tertiary alicyclic amines) is 1. The summed E-state index contributed by atoms with van der Waals surface area (Å²) in [6.45, 7) is 3.04. The molecule has 1 heterocycles. The van der Waals surface area contributed by atoms with Crippen molar-refractivity contribution in [3.63, 3.8) is 0 Å². The standard InChI is InChI=1S/C13H21N3O3/c1-10(3-6-14)15(2)13(19)16-7-4-11(5-8-16)9-12(17)18/h10-11H,3-5,7-9H2,1-2H3,(H,17,18). The molecule has 1 unspecified atom stereocenters. The van der Waals surface area contributed by atoms with Gasteiger partial charge in [-0.2, -0.15) is 5.26 Å². The van der Waals surface area contributed by atoms with Gasteiger partial charge in [-0.05, 0) is 25.7 Å². The summed E-state index contributed by atoms with van der Waals surface area (Å²) in [4.78, 5) is 26.1. The number of carboxylic acid groups (broad SMARTS) is 1. The number of carboxylic acids is 1. The van der Waals surface area contributed by atoms with Gasteiger partial charge in [0.25, 0.3) is 0 Å². The van der Waals surface area contributed by atoms with Crippen LogP contribution in [-0.4, -0.2) is 53.1 Å². The van der Waals surface area contributed by atoms with E-state index in [0.29, 0.717) is 19.5 Å². The fraction of sp³-hybridized carbons (Fsp3) is 0.769. The van der Waals surface area contributed by atoms with Crippen LogP contribution in [0.2, 0.25) is 0 Å². The van der Waals surface area contributed by atoms with E-state index in [4.69, 9.17) is 10.4 Å². The van der Waals surface area contributed by atoms with Crippen LogP contribution in [0.25, 0.3) is 0 Å². The number of carbonyl (C=O) groups excluding carboxylic acids is 1. The average molecular weight is 267 g/mol. The van der Waals surface area contributed by atoms with E-state index in [0.717, 1.165) is 12.8 Å². The average Bonchev–Trinajstić information content (AvgIpc) is 2.37. The first-order chi connectivity index (χ1) is 8.95. The molecular weight excluding hydrogens is 246 g/mol. The molecule has 106 valence electrons. The second kappa shape index (κ2) is 6.98. The summed E-state index contributed by atoms with van der Waals surface area (Å²) in [6.07, 6.45) is 1.97. The lowest BCUT2D eigenvalue weighted by atomic mass is 9.94. The Balaban J connectivity index is 2.44. The first-order valence-electron chi connectivity index (χ1n) is 6.56. The zero-order valence-electron chi connectivity index (χ0n) is 11.5. The van der Waals surface area contributed by atoms with Crippen LogP contribution >= 0.6 is 0 Å². The van der Waals surface area contributed by atoms with E-state index in [1.165, 1.54) is 0 Å². The van der Waals surface area contributed by atoms with Crippen LogP contribution < -0.4 is 0 Å². The van der Waals surface area contributed by atoms with Crippen molar-refractivity contribution in [1.29, 1.82) is 5.26 Å². The van der Waals surface area contributed by atoms with Gasteiger partial charge in [0.05, 0.1) is 12.5 Å². The Kier molecular flexibility index (Phi) is 5.61. The van der Waals surface area contributed by atoms with Gasteiger partial charge in [-0.3, -0.25) is 4.79 Å². The maximum atomic E-state index is 12.2. The SMILES string of the molecule is CC(CC#N)N(C)C(=O)N1CCC(CC(=O)O)CC1. The van der Waals surface area contributed by atoms with Gasteiger partial charge in [-0.25, -0.2) is 4.79 Å². The zero-order chi connectivity index (χ0) is 14.4. The molecular formula is C13H21N3O3. The topological polar surface area (TPSA) is 84.6 Å². The van der Waals surface area contributed by atoms with Crippen LogP contribution in [0.15, 0.2) is 0 Å². The second-order valence-electron chi connectivity index (χ2n) is 5.13. The van der Waals surface area contributed by atoms with E-state index in [2.05, 4.69) is 6.07 Å². The number of piperidine rings is 1. The van der Waals surface area contributed by atoms with E-state index in [-0.39, 0.29) is 24.4 Å². The molecule has 1 aliphatic rings. The van der Waals surface area contributed by atoms with Crippen molar-refractivity contribution in [3.05, 3.63) is 0 Å². The summed E-state index contributed by atoms with van der Waals surface area (Å²) in [5.74, 6) is -0.604. The molecule has 0 aromatic carbocycles. The Bertz CT molecular complexity index is 370. The Labute approximate surface area is 113 Å². The van der Waals surface area contributed by atoms with Gasteiger partial charge in [0.15, 0.2) is 0 Å². The molecule has 6 heteroatoms. The number of nitrogens with zero attached hydrogens (tertiary/aromatic N) is 3. The lowest BCUT2D eigenvalue weighted by molar-refractivity contribution is -0.138. The second-order valence-corrected chi connectivity index (χ2v) is 5.13. The molecule has 6 nitrogen and oxygen atoms in total. The Morgan fingerprint density at radius 3 is 2.53 bits per heavy atom. The monoisotopic (exact) mass is 267 g/mol. The number of carbonyl (C=O) groups is 2. The van der Waals surface area contributed by atoms with Crippen molar-refractivity contribution in [1.82, 2.24) is 9.80 Å². The Hall–Kier alpha value is -1.77. The van der Waals surface area contributed by atoms with E-state index in [1.807, 2.05) is 6.92 Å². The molecule has 0 aromatic rings. The predicted molar refractivity (Wildman–Crippen MR) is 69.4 cm³/mol. The lowest BCUT2D eigenvalue weighted by Gasteiger charge is -2.35. The highest BCUT2D eigenvalue weighted by molar-refractivity contribution is 5.74. The minimum atomic E-state index is -0.774. The van der Waals surface area contributed by atoms with Gasteiger partial charge in [0.2, 0.25) is 0 Å². The molecule has 0 saturated carbocycles. The quantitative estimate of drug-likeness (QED) is 0.837. The molecule has 19 heavy (non-hydrogen) atoms. The number of hydrogen-bond donors (Lipinski definition) is 1. The molecule has 1 rings (SSSR count). The zero-order valence-corrected chi connectivity index (χ0v) is 11.5. The first kappa shape index (κ1) is 15.3. The largest absolute Gasteiger partial charge is 0.481 e. The van der Waals surface area contributed by atoms with Crippen LogP contribution in [0, 0.1) is 17.2 Å². The van der Waals surface area contributed by atoms with Crippen LogP contribution in [0.5, 0.6) is 0 Å². The molecule has 1 atom stereocenters. The van der Waals surface area contributed by atoms with Crippen molar-refractivity contribution in [2.45, 2.75) is 38.6 Å². The molecule has 0 aromatic heterocycles. The van der Waals surface area contributed by atoms with Crippen LogP contribution in [0.3, 0.4) is 0 Å². The van der Waals surface area contributed by atoms with Crippen LogP contribution in [-0.2, 0) is 4.79 Å². The molecule has 2 amide bonds. The maximum absolute atomic E-state index is 12.2. The summed E-state index contributed by atoms with van der Waals surface area (Å²) >= 11 is 0. The summed E-state index contributed by atoms with van der Waals surface area (Å²) in [7, 11) is 1.70. The first-order valence-corrected chi connectivity index (χ1v) is 6.56. The summed E-state index contributed by atoms with van der Waals surface area (Å²) in [6, 6.07) is 1.88. The van der Waals surface area contributed by atoms with Crippen molar-refractivity contribution in [3.8, 4) is 6.07 Å². The van der Waals surface area contributed by atoms with Crippen molar-refractivity contribution in [2.24, 2.45) is 5.92 Å². The Morgan fingerprint density at radius 2 is 2.05 bits per heavy atom. The van der Waals surface area contributed by atoms with E-state index in [1.54, 1.807) is 16.8 Å². The van der Waals surface area contributed by atoms with Gasteiger partial charge >= 0.3 is 12.0 Å². The fourth-order valence-electron chi connectivity index (χ4n) is 2.26. The lowest BCUT2D eigenvalue weighted by Crippen LogP contribution is -2.48. The van der Waals surface area contributed by atoms with Gasteiger partial charge in [-0.1, -0.05) is 0 Å². The number of hydrogen-bond acceptors (Lipinski definition) is 3. The predicted octanol–water partition coefficient (Wildman–Crippen LogP) is 1.53. The van der Waals surface area contributed by atoms with E-state index < -0.39 is 5.97 Å². The van der Waals surface area contributed by atoms with Gasteiger partial charge in [0.1, 0.15) is 0 Å². The fourth-order valence-corrected chi connectivity index (χ4v) is 2.26. The van der Waals surface area contributed by atoms with Crippen LogP contribution in [0.4, 0.5) is 4.79 Å². The molecule has 0 aliphatic carbocycles. The van der Waals surface area contributed by atoms with E-state index >= 15 is 0 Å². The minimum Gasteiger partial charge on any atom is -0.481 e. The maximum Gasteiger partial charge on any atom is 0.320 e. The molecule has 0 radical (unpaired) electrons. The number of aliphatic carboxylic acids is 1. The molecule has 1 saturated heterocycles. The van der Waals surface area contributed by atoms with Crippen molar-refractivity contribution < 1.29 is 14.7 Å². The molecule has 1 N–H and O–H groups in total. The highest BCUT2D eigenvalue weighted by Gasteiger charge is 2.27. The van der Waals surface area contributed by atoms with Gasteiger partial charge < -0.3 is 14.9 Å². The molecule has 1 aliphatic heterocycles. The number of rotatable bonds is 4. The summed E-state index contributed by atoms with van der Waals surface area (Å²) in [5.41, 5.74) is 0. The van der Waals surface area contributed by atoms with Crippen LogP contribution in [0.1, 0.15) is 32.6 Å². The molecule has 0 spiro atoms.